The molecule has 0 radical (unpaired) electrons. The number of hydrogen-bond acceptors (Lipinski definition) is 2. The summed E-state index contributed by atoms with van der Waals surface area (Å²) in [6.07, 6.45) is 10.4. The fourth-order valence-electron chi connectivity index (χ4n) is 5.54. The third kappa shape index (κ3) is 3.98. The lowest BCUT2D eigenvalue weighted by atomic mass is 9.64. The minimum atomic E-state index is 0.0957. The first-order valence-corrected chi connectivity index (χ1v) is 12.0. The normalized spacial score (nSPS) is 15.8. The van der Waals surface area contributed by atoms with Crippen molar-refractivity contribution in [3.63, 3.8) is 0 Å². The van der Waals surface area contributed by atoms with Crippen LogP contribution in [0.2, 0.25) is 0 Å². The van der Waals surface area contributed by atoms with Crippen molar-refractivity contribution in [3.05, 3.63) is 57.6 Å². The van der Waals surface area contributed by atoms with Crippen molar-refractivity contribution in [3.8, 4) is 11.5 Å². The Balaban J connectivity index is 2.27. The predicted molar refractivity (Wildman–Crippen MR) is 127 cm³/mol. The van der Waals surface area contributed by atoms with Crippen LogP contribution in [0.15, 0.2) is 24.3 Å². The van der Waals surface area contributed by atoms with Crippen LogP contribution in [-0.4, -0.2) is 14.2 Å². The van der Waals surface area contributed by atoms with Crippen molar-refractivity contribution in [1.29, 1.82) is 0 Å². The van der Waals surface area contributed by atoms with Gasteiger partial charge in [0.25, 0.3) is 0 Å². The second kappa shape index (κ2) is 9.90. The first-order valence-electron chi connectivity index (χ1n) is 12.0. The SMILES string of the molecule is CCc1cc(C2(c3cc(CC)c(OC)c(CC)c3)CCCCC2)cc(CC)c1OC. The molecule has 0 aromatic heterocycles. The van der Waals surface area contributed by atoms with Gasteiger partial charge in [-0.2, -0.15) is 0 Å². The Labute approximate surface area is 184 Å². The summed E-state index contributed by atoms with van der Waals surface area (Å²) in [5.41, 5.74) is 8.46. The third-order valence-electron chi connectivity index (χ3n) is 7.23. The number of hydrogen-bond donors (Lipinski definition) is 0. The van der Waals surface area contributed by atoms with E-state index in [4.69, 9.17) is 9.47 Å². The van der Waals surface area contributed by atoms with Gasteiger partial charge < -0.3 is 9.47 Å². The van der Waals surface area contributed by atoms with E-state index in [1.165, 1.54) is 65.5 Å². The molecular weight excluding hydrogens is 368 g/mol. The van der Waals surface area contributed by atoms with Gasteiger partial charge in [-0.15, -0.1) is 0 Å². The lowest BCUT2D eigenvalue weighted by molar-refractivity contribution is 0.343. The molecule has 1 saturated carbocycles. The molecule has 0 bridgehead atoms. The number of ether oxygens (including phenoxy) is 2. The molecule has 0 N–H and O–H groups in total. The molecule has 164 valence electrons. The Kier molecular flexibility index (Phi) is 7.50. The van der Waals surface area contributed by atoms with Crippen LogP contribution < -0.4 is 9.47 Å². The van der Waals surface area contributed by atoms with Gasteiger partial charge in [-0.3, -0.25) is 0 Å². The Morgan fingerprint density at radius 3 is 1.20 bits per heavy atom. The Morgan fingerprint density at radius 1 is 0.600 bits per heavy atom. The number of benzene rings is 2. The maximum absolute atomic E-state index is 5.83. The predicted octanol–water partition coefficient (Wildman–Crippen LogP) is 7.20. The summed E-state index contributed by atoms with van der Waals surface area (Å²) in [6, 6.07) is 9.80. The van der Waals surface area contributed by atoms with Crippen LogP contribution in [0, 0.1) is 0 Å². The summed E-state index contributed by atoms with van der Waals surface area (Å²) >= 11 is 0. The zero-order chi connectivity index (χ0) is 21.7. The Hall–Kier alpha value is -1.96. The van der Waals surface area contributed by atoms with Crippen molar-refractivity contribution in [1.82, 2.24) is 0 Å². The lowest BCUT2D eigenvalue weighted by Crippen LogP contribution is -2.31. The van der Waals surface area contributed by atoms with Crippen LogP contribution in [0.1, 0.15) is 93.2 Å². The molecule has 2 nitrogen and oxygen atoms in total. The number of methoxy groups -OCH3 is 2. The summed E-state index contributed by atoms with van der Waals surface area (Å²) in [4.78, 5) is 0. The standard InChI is InChI=1S/C28H40O2/c1-7-20-16-24(17-21(8-2)26(20)29-5)28(14-12-11-13-15-28)25-18-22(9-3)27(30-6)23(10-4)19-25/h16-19H,7-15H2,1-6H3. The van der Waals surface area contributed by atoms with E-state index in [0.29, 0.717) is 0 Å². The van der Waals surface area contributed by atoms with Gasteiger partial charge in [-0.25, -0.2) is 0 Å². The van der Waals surface area contributed by atoms with Gasteiger partial charge in [0.05, 0.1) is 14.2 Å². The lowest BCUT2D eigenvalue weighted by Gasteiger charge is -2.40. The summed E-state index contributed by atoms with van der Waals surface area (Å²) in [6.45, 7) is 8.97. The maximum atomic E-state index is 5.83. The molecule has 2 aromatic carbocycles. The van der Waals surface area contributed by atoms with E-state index in [9.17, 15) is 0 Å². The molecule has 0 aliphatic heterocycles. The quantitative estimate of drug-likeness (QED) is 0.459. The summed E-state index contributed by atoms with van der Waals surface area (Å²) < 4.78 is 11.7. The molecule has 1 aliphatic carbocycles. The van der Waals surface area contributed by atoms with Crippen LogP contribution in [0.3, 0.4) is 0 Å². The zero-order valence-electron chi connectivity index (χ0n) is 20.0. The van der Waals surface area contributed by atoms with Crippen LogP contribution >= 0.6 is 0 Å². The minimum Gasteiger partial charge on any atom is -0.496 e. The van der Waals surface area contributed by atoms with Crippen molar-refractivity contribution in [2.45, 2.75) is 90.9 Å². The highest BCUT2D eigenvalue weighted by atomic mass is 16.5. The van der Waals surface area contributed by atoms with E-state index in [2.05, 4.69) is 52.0 Å². The highest BCUT2D eigenvalue weighted by Gasteiger charge is 2.37. The molecule has 0 spiro atoms. The number of rotatable bonds is 8. The molecule has 3 rings (SSSR count). The molecule has 1 fully saturated rings. The van der Waals surface area contributed by atoms with Crippen molar-refractivity contribution < 1.29 is 9.47 Å². The van der Waals surface area contributed by atoms with Crippen LogP contribution in [-0.2, 0) is 31.1 Å². The minimum absolute atomic E-state index is 0.0957. The van der Waals surface area contributed by atoms with E-state index in [0.717, 1.165) is 37.2 Å². The highest BCUT2D eigenvalue weighted by molar-refractivity contribution is 5.54. The van der Waals surface area contributed by atoms with Gasteiger partial charge in [0.15, 0.2) is 0 Å². The van der Waals surface area contributed by atoms with Gasteiger partial charge >= 0.3 is 0 Å². The third-order valence-corrected chi connectivity index (χ3v) is 7.23. The smallest absolute Gasteiger partial charge is 0.125 e. The fourth-order valence-corrected chi connectivity index (χ4v) is 5.54. The van der Waals surface area contributed by atoms with Gasteiger partial charge in [-0.1, -0.05) is 71.2 Å². The maximum Gasteiger partial charge on any atom is 0.125 e. The Morgan fingerprint density at radius 2 is 0.933 bits per heavy atom. The second-order valence-electron chi connectivity index (χ2n) is 8.71. The molecule has 2 aromatic rings. The van der Waals surface area contributed by atoms with E-state index >= 15 is 0 Å². The van der Waals surface area contributed by atoms with Gasteiger partial charge in [0, 0.05) is 5.41 Å². The molecule has 0 atom stereocenters. The van der Waals surface area contributed by atoms with Gasteiger partial charge in [0.1, 0.15) is 11.5 Å². The van der Waals surface area contributed by atoms with Gasteiger partial charge in [-0.05, 0) is 71.9 Å². The number of aryl methyl sites for hydroxylation is 4. The molecule has 0 amide bonds. The summed E-state index contributed by atoms with van der Waals surface area (Å²) in [5.74, 6) is 2.18. The van der Waals surface area contributed by atoms with Crippen LogP contribution in [0.25, 0.3) is 0 Å². The average molecular weight is 409 g/mol. The molecule has 0 unspecified atom stereocenters. The molecule has 0 saturated heterocycles. The Bertz CT molecular complexity index is 743. The van der Waals surface area contributed by atoms with Crippen molar-refractivity contribution in [2.24, 2.45) is 0 Å². The topological polar surface area (TPSA) is 18.5 Å². The van der Waals surface area contributed by atoms with Crippen molar-refractivity contribution in [2.75, 3.05) is 14.2 Å². The highest BCUT2D eigenvalue weighted by Crippen LogP contribution is 2.48. The van der Waals surface area contributed by atoms with E-state index in [1.807, 2.05) is 14.2 Å². The second-order valence-corrected chi connectivity index (χ2v) is 8.71. The average Bonchev–Trinajstić information content (AvgIpc) is 2.82. The molecule has 1 aliphatic rings. The molecule has 2 heteroatoms. The molecule has 0 heterocycles. The monoisotopic (exact) mass is 408 g/mol. The van der Waals surface area contributed by atoms with Crippen LogP contribution in [0.5, 0.6) is 11.5 Å². The van der Waals surface area contributed by atoms with Crippen LogP contribution in [0.4, 0.5) is 0 Å². The zero-order valence-corrected chi connectivity index (χ0v) is 20.0. The van der Waals surface area contributed by atoms with E-state index in [1.54, 1.807) is 0 Å². The largest absolute Gasteiger partial charge is 0.496 e. The van der Waals surface area contributed by atoms with Gasteiger partial charge in [0.2, 0.25) is 0 Å². The molecular formula is C28H40O2. The molecule has 30 heavy (non-hydrogen) atoms. The summed E-state index contributed by atoms with van der Waals surface area (Å²) in [5, 5.41) is 0. The fraction of sp³-hybridized carbons (Fsp3) is 0.571. The first-order chi connectivity index (χ1) is 14.6. The summed E-state index contributed by atoms with van der Waals surface area (Å²) in [7, 11) is 3.63. The first kappa shape index (κ1) is 22.7. The van der Waals surface area contributed by atoms with E-state index < -0.39 is 0 Å². The van der Waals surface area contributed by atoms with E-state index in [-0.39, 0.29) is 5.41 Å². The van der Waals surface area contributed by atoms with Crippen molar-refractivity contribution >= 4 is 0 Å².